The number of amides is 1. The number of aromatic amines is 1. The van der Waals surface area contributed by atoms with E-state index in [-0.39, 0.29) is 11.5 Å². The lowest BCUT2D eigenvalue weighted by Crippen LogP contribution is -2.32. The summed E-state index contributed by atoms with van der Waals surface area (Å²) >= 11 is 0. The zero-order chi connectivity index (χ0) is 26.9. The molecule has 6 aromatic rings. The SMILES string of the molecule is Cc1nn2cccnc2c1C(=O)NC(C)c1cc2cccc(/C=C/c3ccn[nH]3)c2c(=O)n1-c1ccccc1. The maximum Gasteiger partial charge on any atom is 0.263 e. The van der Waals surface area contributed by atoms with E-state index in [9.17, 15) is 9.59 Å². The Labute approximate surface area is 223 Å². The summed E-state index contributed by atoms with van der Waals surface area (Å²) in [7, 11) is 0. The van der Waals surface area contributed by atoms with Crippen molar-refractivity contribution in [2.75, 3.05) is 0 Å². The molecule has 9 nitrogen and oxygen atoms in total. The average molecular weight is 516 g/mol. The monoisotopic (exact) mass is 515 g/mol. The second-order valence-corrected chi connectivity index (χ2v) is 9.25. The van der Waals surface area contributed by atoms with Crippen molar-refractivity contribution < 1.29 is 4.79 Å². The fourth-order valence-electron chi connectivity index (χ4n) is 4.85. The Bertz CT molecular complexity index is 1900. The molecule has 0 saturated carbocycles. The molecule has 0 bridgehead atoms. The third-order valence-corrected chi connectivity index (χ3v) is 6.68. The van der Waals surface area contributed by atoms with Gasteiger partial charge in [0.05, 0.1) is 22.8 Å². The number of benzene rings is 2. The Morgan fingerprint density at radius 2 is 1.87 bits per heavy atom. The number of para-hydroxylation sites is 1. The van der Waals surface area contributed by atoms with Crippen LogP contribution in [0, 0.1) is 6.92 Å². The minimum absolute atomic E-state index is 0.173. The molecule has 2 aromatic carbocycles. The lowest BCUT2D eigenvalue weighted by atomic mass is 10.0. The van der Waals surface area contributed by atoms with Crippen LogP contribution in [0.2, 0.25) is 0 Å². The number of fused-ring (bicyclic) bond motifs is 2. The number of nitrogens with one attached hydrogen (secondary N) is 2. The molecular weight excluding hydrogens is 490 g/mol. The lowest BCUT2D eigenvalue weighted by molar-refractivity contribution is 0.0939. The highest BCUT2D eigenvalue weighted by molar-refractivity contribution is 6.01. The van der Waals surface area contributed by atoms with E-state index in [1.165, 1.54) is 0 Å². The molecule has 0 spiro atoms. The van der Waals surface area contributed by atoms with Crippen molar-refractivity contribution in [2.24, 2.45) is 0 Å². The predicted octanol–water partition coefficient (Wildman–Crippen LogP) is 4.73. The zero-order valence-electron chi connectivity index (χ0n) is 21.4. The highest BCUT2D eigenvalue weighted by Gasteiger charge is 2.23. The van der Waals surface area contributed by atoms with Crippen molar-refractivity contribution in [2.45, 2.75) is 19.9 Å². The number of aryl methyl sites for hydroxylation is 1. The third kappa shape index (κ3) is 4.40. The van der Waals surface area contributed by atoms with E-state index < -0.39 is 6.04 Å². The molecule has 4 aromatic heterocycles. The van der Waals surface area contributed by atoms with Gasteiger partial charge in [0.1, 0.15) is 5.56 Å². The zero-order valence-corrected chi connectivity index (χ0v) is 21.4. The highest BCUT2D eigenvalue weighted by Crippen LogP contribution is 2.25. The summed E-state index contributed by atoms with van der Waals surface area (Å²) in [5, 5.41) is 15.7. The average Bonchev–Trinajstić information content (AvgIpc) is 3.59. The fraction of sp³-hybridized carbons (Fsp3) is 0.100. The summed E-state index contributed by atoms with van der Waals surface area (Å²) < 4.78 is 3.26. The van der Waals surface area contributed by atoms with Crippen molar-refractivity contribution in [1.29, 1.82) is 0 Å². The second kappa shape index (κ2) is 9.86. The number of pyridine rings is 1. The smallest absolute Gasteiger partial charge is 0.263 e. The van der Waals surface area contributed by atoms with Crippen LogP contribution in [0.5, 0.6) is 0 Å². The summed E-state index contributed by atoms with van der Waals surface area (Å²) in [6.07, 6.45) is 8.85. The molecule has 0 aliphatic rings. The van der Waals surface area contributed by atoms with E-state index in [1.807, 2.05) is 79.7 Å². The normalized spacial score (nSPS) is 12.4. The molecule has 0 aliphatic carbocycles. The van der Waals surface area contributed by atoms with Gasteiger partial charge in [-0.15, -0.1) is 0 Å². The Kier molecular flexibility index (Phi) is 6.08. The highest BCUT2D eigenvalue weighted by atomic mass is 16.2. The molecule has 0 fully saturated rings. The van der Waals surface area contributed by atoms with Crippen molar-refractivity contribution in [3.63, 3.8) is 0 Å². The van der Waals surface area contributed by atoms with Gasteiger partial charge >= 0.3 is 0 Å². The molecular formula is C30H25N7O2. The minimum atomic E-state index is -0.503. The van der Waals surface area contributed by atoms with E-state index in [2.05, 4.69) is 25.6 Å². The fourth-order valence-corrected chi connectivity index (χ4v) is 4.85. The minimum Gasteiger partial charge on any atom is -0.344 e. The Hall–Kier alpha value is -5.31. The van der Waals surface area contributed by atoms with E-state index >= 15 is 0 Å². The van der Waals surface area contributed by atoms with Crippen LogP contribution in [0.4, 0.5) is 0 Å². The van der Waals surface area contributed by atoms with Crippen LogP contribution >= 0.6 is 0 Å². The van der Waals surface area contributed by atoms with Crippen molar-refractivity contribution >= 4 is 34.5 Å². The molecule has 9 heteroatoms. The van der Waals surface area contributed by atoms with E-state index in [0.29, 0.717) is 33.7 Å². The second-order valence-electron chi connectivity index (χ2n) is 9.25. The maximum atomic E-state index is 14.2. The number of carbonyl (C=O) groups excluding carboxylic acids is 1. The van der Waals surface area contributed by atoms with Gasteiger partial charge in [-0.2, -0.15) is 10.2 Å². The van der Waals surface area contributed by atoms with Crippen LogP contribution in [-0.4, -0.2) is 35.3 Å². The number of nitrogens with zero attached hydrogens (tertiary/aromatic N) is 5. The van der Waals surface area contributed by atoms with Crippen LogP contribution in [-0.2, 0) is 0 Å². The van der Waals surface area contributed by atoms with E-state index in [0.717, 1.165) is 16.6 Å². The topological polar surface area (TPSA) is 110 Å². The Morgan fingerprint density at radius 1 is 1.03 bits per heavy atom. The van der Waals surface area contributed by atoms with Gasteiger partial charge in [0.25, 0.3) is 11.5 Å². The summed E-state index contributed by atoms with van der Waals surface area (Å²) in [6.45, 7) is 3.65. The molecule has 0 radical (unpaired) electrons. The van der Waals surface area contributed by atoms with E-state index in [4.69, 9.17) is 0 Å². The van der Waals surface area contributed by atoms with Gasteiger partial charge in [-0.25, -0.2) is 9.50 Å². The number of aromatic nitrogens is 6. The number of H-pyrrole nitrogens is 1. The van der Waals surface area contributed by atoms with Crippen LogP contribution in [0.1, 0.15) is 46.0 Å². The Balaban J connectivity index is 1.47. The van der Waals surface area contributed by atoms with Crippen LogP contribution in [0.15, 0.2) is 90.1 Å². The first kappa shape index (κ1) is 24.1. The van der Waals surface area contributed by atoms with Crippen LogP contribution in [0.25, 0.3) is 34.3 Å². The van der Waals surface area contributed by atoms with Gasteiger partial charge < -0.3 is 5.32 Å². The molecule has 0 saturated heterocycles. The number of rotatable bonds is 6. The summed E-state index contributed by atoms with van der Waals surface area (Å²) in [5.41, 5.74) is 4.27. The molecule has 4 heterocycles. The maximum absolute atomic E-state index is 14.2. The predicted molar refractivity (Wildman–Crippen MR) is 151 cm³/mol. The molecule has 0 aliphatic heterocycles. The molecule has 2 N–H and O–H groups in total. The first-order chi connectivity index (χ1) is 19.0. The molecule has 1 unspecified atom stereocenters. The number of hydrogen-bond donors (Lipinski definition) is 2. The molecule has 6 rings (SSSR count). The number of hydrogen-bond acceptors (Lipinski definition) is 5. The number of carbonyl (C=O) groups is 1. The van der Waals surface area contributed by atoms with Gasteiger partial charge in [0.15, 0.2) is 5.65 Å². The van der Waals surface area contributed by atoms with Crippen LogP contribution < -0.4 is 10.9 Å². The largest absolute Gasteiger partial charge is 0.344 e. The first-order valence-corrected chi connectivity index (χ1v) is 12.5. The van der Waals surface area contributed by atoms with Gasteiger partial charge in [-0.3, -0.25) is 19.3 Å². The van der Waals surface area contributed by atoms with Gasteiger partial charge in [0.2, 0.25) is 0 Å². The van der Waals surface area contributed by atoms with Crippen LogP contribution in [0.3, 0.4) is 0 Å². The first-order valence-electron chi connectivity index (χ1n) is 12.5. The summed E-state index contributed by atoms with van der Waals surface area (Å²) in [4.78, 5) is 32.0. The third-order valence-electron chi connectivity index (χ3n) is 6.68. The molecule has 39 heavy (non-hydrogen) atoms. The molecule has 192 valence electrons. The summed E-state index contributed by atoms with van der Waals surface area (Å²) in [5.74, 6) is -0.308. The van der Waals surface area contributed by atoms with Gasteiger partial charge in [-0.1, -0.05) is 42.5 Å². The molecule has 1 atom stereocenters. The van der Waals surface area contributed by atoms with Crippen molar-refractivity contribution in [3.05, 3.63) is 124 Å². The van der Waals surface area contributed by atoms with E-state index in [1.54, 1.807) is 40.7 Å². The Morgan fingerprint density at radius 3 is 2.67 bits per heavy atom. The van der Waals surface area contributed by atoms with Crippen molar-refractivity contribution in [1.82, 2.24) is 34.7 Å². The van der Waals surface area contributed by atoms with Gasteiger partial charge in [-0.05, 0) is 61.2 Å². The van der Waals surface area contributed by atoms with Crippen molar-refractivity contribution in [3.8, 4) is 5.69 Å². The molecule has 1 amide bonds. The summed E-state index contributed by atoms with van der Waals surface area (Å²) in [6, 6.07) is 20.3. The quantitative estimate of drug-likeness (QED) is 0.333. The van der Waals surface area contributed by atoms with Gasteiger partial charge in [0, 0.05) is 30.0 Å². The lowest BCUT2D eigenvalue weighted by Gasteiger charge is -2.21. The standard InChI is InChI=1S/C30H25N7O2/c1-19(33-29(38)26-20(2)35-36-17-7-15-31-28(26)36)25-18-22-9-6-8-21(12-13-23-14-16-32-34-23)27(22)30(39)37(25)24-10-4-3-5-11-24/h3-19H,1-2H3,(H,32,34)(H,33,38)/b13-12+.